The van der Waals surface area contributed by atoms with Gasteiger partial charge in [-0.15, -0.1) is 0 Å². The van der Waals surface area contributed by atoms with Crippen LogP contribution >= 0.6 is 0 Å². The molecule has 9 heteroatoms. The molecule has 1 heterocycles. The Labute approximate surface area is 176 Å². The highest BCUT2D eigenvalue weighted by Gasteiger charge is 2.34. The summed E-state index contributed by atoms with van der Waals surface area (Å²) in [5.41, 5.74) is 7.79. The summed E-state index contributed by atoms with van der Waals surface area (Å²) in [6.07, 6.45) is 0. The first-order valence-corrected chi connectivity index (χ1v) is 11.1. The number of amides is 3. The van der Waals surface area contributed by atoms with Crippen LogP contribution in [0.25, 0.3) is 0 Å². The Kier molecular flexibility index (Phi) is 6.55. The molecule has 1 aliphatic heterocycles. The first-order chi connectivity index (χ1) is 14.2. The van der Waals surface area contributed by atoms with Crippen LogP contribution in [0.3, 0.4) is 0 Å². The van der Waals surface area contributed by atoms with Crippen molar-refractivity contribution in [1.29, 1.82) is 0 Å². The molecule has 1 aliphatic rings. The molecule has 8 nitrogen and oxygen atoms in total. The van der Waals surface area contributed by atoms with Crippen LogP contribution in [0.1, 0.15) is 22.7 Å². The summed E-state index contributed by atoms with van der Waals surface area (Å²) >= 11 is 0. The number of piperazine rings is 1. The van der Waals surface area contributed by atoms with Gasteiger partial charge in [-0.05, 0) is 42.7 Å². The van der Waals surface area contributed by atoms with E-state index in [0.29, 0.717) is 18.7 Å². The largest absolute Gasteiger partial charge is 0.351 e. The fourth-order valence-corrected chi connectivity index (χ4v) is 5.09. The van der Waals surface area contributed by atoms with Crippen molar-refractivity contribution in [1.82, 2.24) is 14.5 Å². The number of urea groups is 1. The number of carbonyl (C=O) groups is 2. The molecule has 0 aromatic heterocycles. The molecule has 1 atom stereocenters. The van der Waals surface area contributed by atoms with Crippen molar-refractivity contribution >= 4 is 22.0 Å². The minimum atomic E-state index is -3.62. The molecule has 0 radical (unpaired) electrons. The van der Waals surface area contributed by atoms with E-state index in [2.05, 4.69) is 5.32 Å². The van der Waals surface area contributed by atoms with Gasteiger partial charge in [0.05, 0.1) is 4.90 Å². The summed E-state index contributed by atoms with van der Waals surface area (Å²) in [5.74, 6) is -0.529. The summed E-state index contributed by atoms with van der Waals surface area (Å²) < 4.78 is 27.5. The lowest BCUT2D eigenvalue weighted by molar-refractivity contribution is -0.126. The first kappa shape index (κ1) is 21.9. The molecule has 160 valence electrons. The van der Waals surface area contributed by atoms with Crippen LogP contribution in [-0.2, 0) is 14.8 Å². The van der Waals surface area contributed by atoms with Crippen LogP contribution in [0, 0.1) is 13.8 Å². The van der Waals surface area contributed by atoms with E-state index >= 15 is 0 Å². The van der Waals surface area contributed by atoms with Gasteiger partial charge in [-0.2, -0.15) is 4.31 Å². The minimum Gasteiger partial charge on any atom is -0.351 e. The van der Waals surface area contributed by atoms with Gasteiger partial charge < -0.3 is 5.73 Å². The normalized spacial score (nSPS) is 16.7. The van der Waals surface area contributed by atoms with E-state index in [1.165, 1.54) is 4.31 Å². The molecule has 3 rings (SSSR count). The van der Waals surface area contributed by atoms with Gasteiger partial charge in [-0.3, -0.25) is 15.0 Å². The third-order valence-electron chi connectivity index (χ3n) is 5.36. The van der Waals surface area contributed by atoms with Crippen LogP contribution in [0.2, 0.25) is 0 Å². The van der Waals surface area contributed by atoms with Gasteiger partial charge in [0.2, 0.25) is 15.9 Å². The smallest absolute Gasteiger partial charge is 0.318 e. The van der Waals surface area contributed by atoms with Crippen molar-refractivity contribution < 1.29 is 18.0 Å². The molecular formula is C21H26N4O4S. The highest BCUT2D eigenvalue weighted by atomic mass is 32.2. The molecule has 0 spiro atoms. The maximum Gasteiger partial charge on any atom is 0.318 e. The third kappa shape index (κ3) is 4.69. The van der Waals surface area contributed by atoms with Crippen molar-refractivity contribution in [3.63, 3.8) is 0 Å². The second-order valence-electron chi connectivity index (χ2n) is 7.35. The summed E-state index contributed by atoms with van der Waals surface area (Å²) in [5, 5.41) is 2.14. The molecule has 2 aromatic carbocycles. The fraction of sp³-hybridized carbons (Fsp3) is 0.333. The monoisotopic (exact) mass is 430 g/mol. The number of carbonyl (C=O) groups excluding carboxylic acids is 2. The zero-order valence-electron chi connectivity index (χ0n) is 17.0. The molecule has 2 aromatic rings. The van der Waals surface area contributed by atoms with E-state index < -0.39 is 28.0 Å². The standard InChI is InChI=1S/C21H26N4O4S/c1-15-8-9-18(14-16(15)2)30(28,29)25-12-10-24(11-13-25)19(20(26)23-21(22)27)17-6-4-3-5-7-17/h3-9,14,19H,10-13H2,1-2H3,(H3,22,23,26,27). The van der Waals surface area contributed by atoms with E-state index in [0.717, 1.165) is 11.1 Å². The lowest BCUT2D eigenvalue weighted by Gasteiger charge is -2.38. The SMILES string of the molecule is Cc1ccc(S(=O)(=O)N2CCN(C(C(=O)NC(N)=O)c3ccccc3)CC2)cc1C. The van der Waals surface area contributed by atoms with Crippen LogP contribution in [0.5, 0.6) is 0 Å². The van der Waals surface area contributed by atoms with E-state index in [1.807, 2.05) is 24.8 Å². The quantitative estimate of drug-likeness (QED) is 0.747. The topological polar surface area (TPSA) is 113 Å². The summed E-state index contributed by atoms with van der Waals surface area (Å²) in [6.45, 7) is 4.98. The van der Waals surface area contributed by atoms with Crippen LogP contribution in [0.15, 0.2) is 53.4 Å². The predicted octanol–water partition coefficient (Wildman–Crippen LogP) is 1.55. The Morgan fingerprint density at radius 2 is 1.60 bits per heavy atom. The van der Waals surface area contributed by atoms with E-state index in [1.54, 1.807) is 42.5 Å². The van der Waals surface area contributed by atoms with E-state index in [9.17, 15) is 18.0 Å². The molecule has 1 fully saturated rings. The molecule has 1 unspecified atom stereocenters. The Balaban J connectivity index is 1.78. The van der Waals surface area contributed by atoms with Crippen LogP contribution < -0.4 is 11.1 Å². The predicted molar refractivity (Wildman–Crippen MR) is 113 cm³/mol. The number of primary amides is 1. The summed E-state index contributed by atoms with van der Waals surface area (Å²) in [4.78, 5) is 26.0. The molecular weight excluding hydrogens is 404 g/mol. The van der Waals surface area contributed by atoms with E-state index in [4.69, 9.17) is 5.73 Å². The molecule has 0 saturated carbocycles. The number of nitrogens with zero attached hydrogens (tertiary/aromatic N) is 2. The third-order valence-corrected chi connectivity index (χ3v) is 7.26. The highest BCUT2D eigenvalue weighted by molar-refractivity contribution is 7.89. The first-order valence-electron chi connectivity index (χ1n) is 9.67. The maximum atomic E-state index is 13.0. The van der Waals surface area contributed by atoms with Gasteiger partial charge in [0.25, 0.3) is 0 Å². The number of aryl methyl sites for hydroxylation is 2. The number of benzene rings is 2. The lowest BCUT2D eigenvalue weighted by Crippen LogP contribution is -2.53. The average Bonchev–Trinajstić information content (AvgIpc) is 2.71. The Morgan fingerprint density at radius 3 is 2.17 bits per heavy atom. The second kappa shape index (κ2) is 8.95. The lowest BCUT2D eigenvalue weighted by atomic mass is 10.0. The Morgan fingerprint density at radius 1 is 0.967 bits per heavy atom. The van der Waals surface area contributed by atoms with Crippen LogP contribution in [-0.4, -0.2) is 55.7 Å². The zero-order valence-corrected chi connectivity index (χ0v) is 17.9. The number of hydrogen-bond donors (Lipinski definition) is 2. The number of nitrogens with one attached hydrogen (secondary N) is 1. The van der Waals surface area contributed by atoms with Crippen molar-refractivity contribution in [2.75, 3.05) is 26.2 Å². The van der Waals surface area contributed by atoms with Crippen molar-refractivity contribution in [2.24, 2.45) is 5.73 Å². The number of hydrogen-bond acceptors (Lipinski definition) is 5. The average molecular weight is 431 g/mol. The van der Waals surface area contributed by atoms with Gasteiger partial charge in [-0.25, -0.2) is 13.2 Å². The number of rotatable bonds is 5. The van der Waals surface area contributed by atoms with E-state index in [-0.39, 0.29) is 18.0 Å². The molecule has 0 bridgehead atoms. The number of nitrogens with two attached hydrogens (primary N) is 1. The van der Waals surface area contributed by atoms with Gasteiger partial charge in [-0.1, -0.05) is 36.4 Å². The highest BCUT2D eigenvalue weighted by Crippen LogP contribution is 2.25. The number of sulfonamides is 1. The molecule has 3 N–H and O–H groups in total. The summed E-state index contributed by atoms with van der Waals surface area (Å²) in [7, 11) is -3.62. The van der Waals surface area contributed by atoms with Gasteiger partial charge in [0.15, 0.2) is 0 Å². The van der Waals surface area contributed by atoms with Gasteiger partial charge >= 0.3 is 6.03 Å². The van der Waals surface area contributed by atoms with Crippen molar-refractivity contribution in [2.45, 2.75) is 24.8 Å². The molecule has 0 aliphatic carbocycles. The van der Waals surface area contributed by atoms with Crippen LogP contribution in [0.4, 0.5) is 4.79 Å². The van der Waals surface area contributed by atoms with Gasteiger partial charge in [0.1, 0.15) is 6.04 Å². The Bertz CT molecular complexity index is 1030. The fourth-order valence-electron chi connectivity index (χ4n) is 3.58. The second-order valence-corrected chi connectivity index (χ2v) is 9.29. The zero-order chi connectivity index (χ0) is 21.9. The minimum absolute atomic E-state index is 0.239. The summed E-state index contributed by atoms with van der Waals surface area (Å²) in [6, 6.07) is 12.5. The molecule has 1 saturated heterocycles. The Hall–Kier alpha value is -2.75. The van der Waals surface area contributed by atoms with Gasteiger partial charge in [0, 0.05) is 26.2 Å². The maximum absolute atomic E-state index is 13.0. The van der Waals surface area contributed by atoms with Crippen molar-refractivity contribution in [3.8, 4) is 0 Å². The molecule has 3 amide bonds. The number of imide groups is 1. The van der Waals surface area contributed by atoms with Crippen molar-refractivity contribution in [3.05, 3.63) is 65.2 Å². The molecule has 30 heavy (non-hydrogen) atoms.